The van der Waals surface area contributed by atoms with Crippen LogP contribution in [0.2, 0.25) is 0 Å². The number of benzene rings is 2. The minimum absolute atomic E-state index is 0.0154. The highest BCUT2D eigenvalue weighted by Gasteiger charge is 2.17. The molecule has 4 aromatic rings. The summed E-state index contributed by atoms with van der Waals surface area (Å²) >= 11 is 3.25. The van der Waals surface area contributed by atoms with E-state index in [4.69, 9.17) is 4.98 Å². The Balaban J connectivity index is 1.53. The molecule has 0 spiro atoms. The van der Waals surface area contributed by atoms with Crippen LogP contribution in [0.1, 0.15) is 16.0 Å². The lowest BCUT2D eigenvalue weighted by molar-refractivity contribution is -0.120. The molecule has 0 aliphatic heterocycles. The first-order valence-corrected chi connectivity index (χ1v) is 10.8. The molecule has 0 fully saturated rings. The largest absolute Gasteiger partial charge is 0.352 e. The molecule has 3 nitrogen and oxygen atoms in total. The molecule has 28 heavy (non-hydrogen) atoms. The fraction of sp³-hybridized carbons (Fsp3) is 0.130. The molecule has 0 saturated heterocycles. The van der Waals surface area contributed by atoms with E-state index >= 15 is 0 Å². The molecule has 0 radical (unpaired) electrons. The average molecular weight is 405 g/mol. The highest BCUT2D eigenvalue weighted by Crippen LogP contribution is 2.36. The number of nitrogens with zero attached hydrogens (tertiary/aromatic N) is 1. The SMILES string of the molecule is Cc1ccc(CNC(=O)Cc2sc(-c3ccccc3)nc2-c2cccs2)cc1. The van der Waals surface area contributed by atoms with Crippen LogP contribution < -0.4 is 5.32 Å². The van der Waals surface area contributed by atoms with E-state index < -0.39 is 0 Å². The Hall–Kier alpha value is -2.76. The molecule has 0 bridgehead atoms. The number of carbonyl (C=O) groups excluding carboxylic acids is 1. The van der Waals surface area contributed by atoms with Gasteiger partial charge in [0.2, 0.25) is 5.91 Å². The van der Waals surface area contributed by atoms with Crippen molar-refractivity contribution in [2.45, 2.75) is 19.9 Å². The van der Waals surface area contributed by atoms with Crippen LogP contribution >= 0.6 is 22.7 Å². The summed E-state index contributed by atoms with van der Waals surface area (Å²) in [5.74, 6) is 0.0154. The number of thiophene rings is 1. The number of carbonyl (C=O) groups is 1. The number of aromatic nitrogens is 1. The highest BCUT2D eigenvalue weighted by atomic mass is 32.1. The third-order valence-electron chi connectivity index (χ3n) is 4.40. The van der Waals surface area contributed by atoms with Gasteiger partial charge in [0.15, 0.2) is 0 Å². The van der Waals surface area contributed by atoms with Crippen LogP contribution in [0.15, 0.2) is 72.1 Å². The van der Waals surface area contributed by atoms with Crippen LogP contribution in [-0.4, -0.2) is 10.9 Å². The summed E-state index contributed by atoms with van der Waals surface area (Å²) in [6.45, 7) is 2.60. The molecule has 140 valence electrons. The maximum atomic E-state index is 12.6. The Morgan fingerprint density at radius 3 is 2.50 bits per heavy atom. The number of thiazole rings is 1. The molecule has 4 rings (SSSR count). The standard InChI is InChI=1S/C23H20N2OS2/c1-16-9-11-17(12-10-16)15-24-21(26)14-20-22(19-8-5-13-27-19)25-23(28-20)18-6-3-2-4-7-18/h2-13H,14-15H2,1H3,(H,24,26). The topological polar surface area (TPSA) is 42.0 Å². The number of nitrogens with one attached hydrogen (secondary N) is 1. The first-order chi connectivity index (χ1) is 13.7. The summed E-state index contributed by atoms with van der Waals surface area (Å²) in [4.78, 5) is 19.5. The second-order valence-corrected chi connectivity index (χ2v) is 8.60. The predicted molar refractivity (Wildman–Crippen MR) is 118 cm³/mol. The second kappa shape index (κ2) is 8.50. The van der Waals surface area contributed by atoms with E-state index in [9.17, 15) is 4.79 Å². The van der Waals surface area contributed by atoms with Gasteiger partial charge >= 0.3 is 0 Å². The Kier molecular flexibility index (Phi) is 5.65. The van der Waals surface area contributed by atoms with E-state index in [1.807, 2.05) is 41.8 Å². The molecule has 0 aliphatic rings. The quantitative estimate of drug-likeness (QED) is 0.447. The van der Waals surface area contributed by atoms with E-state index in [0.29, 0.717) is 13.0 Å². The van der Waals surface area contributed by atoms with E-state index in [1.54, 1.807) is 22.7 Å². The third kappa shape index (κ3) is 4.38. The zero-order valence-electron chi connectivity index (χ0n) is 15.5. The maximum absolute atomic E-state index is 12.6. The molecule has 2 aromatic heterocycles. The molecule has 0 aliphatic carbocycles. The maximum Gasteiger partial charge on any atom is 0.225 e. The van der Waals surface area contributed by atoms with Gasteiger partial charge in [-0.3, -0.25) is 4.79 Å². The highest BCUT2D eigenvalue weighted by molar-refractivity contribution is 7.17. The Bertz CT molecular complexity index is 1050. The van der Waals surface area contributed by atoms with Crippen molar-refractivity contribution in [3.63, 3.8) is 0 Å². The zero-order chi connectivity index (χ0) is 19.3. The van der Waals surface area contributed by atoms with Crippen molar-refractivity contribution < 1.29 is 4.79 Å². The van der Waals surface area contributed by atoms with Gasteiger partial charge in [-0.25, -0.2) is 4.98 Å². The summed E-state index contributed by atoms with van der Waals surface area (Å²) in [7, 11) is 0. The second-order valence-electron chi connectivity index (χ2n) is 6.57. The molecular formula is C23H20N2OS2. The van der Waals surface area contributed by atoms with Gasteiger partial charge in [-0.2, -0.15) is 0 Å². The average Bonchev–Trinajstić information content (AvgIpc) is 3.38. The number of rotatable bonds is 6. The molecule has 1 amide bonds. The summed E-state index contributed by atoms with van der Waals surface area (Å²) in [6.07, 6.45) is 0.337. The van der Waals surface area contributed by atoms with E-state index in [0.717, 1.165) is 31.6 Å². The molecular weight excluding hydrogens is 384 g/mol. The van der Waals surface area contributed by atoms with Crippen molar-refractivity contribution in [1.29, 1.82) is 0 Å². The van der Waals surface area contributed by atoms with Gasteiger partial charge in [0, 0.05) is 17.0 Å². The fourth-order valence-electron chi connectivity index (χ4n) is 2.90. The number of aryl methyl sites for hydroxylation is 1. The van der Waals surface area contributed by atoms with Crippen LogP contribution in [0.3, 0.4) is 0 Å². The summed E-state index contributed by atoms with van der Waals surface area (Å²) in [5, 5.41) is 6.02. The predicted octanol–water partition coefficient (Wildman–Crippen LogP) is 5.71. The van der Waals surface area contributed by atoms with Crippen molar-refractivity contribution in [3.05, 3.63) is 88.1 Å². The molecule has 0 saturated carbocycles. The molecule has 0 unspecified atom stereocenters. The zero-order valence-corrected chi connectivity index (χ0v) is 17.1. The Morgan fingerprint density at radius 1 is 1.00 bits per heavy atom. The van der Waals surface area contributed by atoms with Crippen molar-refractivity contribution in [2.75, 3.05) is 0 Å². The smallest absolute Gasteiger partial charge is 0.225 e. The van der Waals surface area contributed by atoms with Crippen molar-refractivity contribution in [3.8, 4) is 21.1 Å². The minimum atomic E-state index is 0.0154. The lowest BCUT2D eigenvalue weighted by atomic mass is 10.1. The minimum Gasteiger partial charge on any atom is -0.352 e. The lowest BCUT2D eigenvalue weighted by Crippen LogP contribution is -2.24. The number of amides is 1. The van der Waals surface area contributed by atoms with Gasteiger partial charge in [-0.15, -0.1) is 22.7 Å². The summed E-state index contributed by atoms with van der Waals surface area (Å²) < 4.78 is 0. The summed E-state index contributed by atoms with van der Waals surface area (Å²) in [5.41, 5.74) is 4.32. The van der Waals surface area contributed by atoms with Crippen LogP contribution in [0.25, 0.3) is 21.1 Å². The van der Waals surface area contributed by atoms with E-state index in [-0.39, 0.29) is 5.91 Å². The normalized spacial score (nSPS) is 10.8. The molecule has 2 aromatic carbocycles. The van der Waals surface area contributed by atoms with Crippen LogP contribution in [0, 0.1) is 6.92 Å². The number of hydrogen-bond donors (Lipinski definition) is 1. The van der Waals surface area contributed by atoms with Crippen LogP contribution in [0.5, 0.6) is 0 Å². The van der Waals surface area contributed by atoms with Gasteiger partial charge in [0.1, 0.15) is 5.01 Å². The first-order valence-electron chi connectivity index (χ1n) is 9.10. The monoisotopic (exact) mass is 404 g/mol. The van der Waals surface area contributed by atoms with Gasteiger partial charge in [0.05, 0.1) is 17.0 Å². The molecule has 1 N–H and O–H groups in total. The fourth-order valence-corrected chi connectivity index (χ4v) is 4.78. The Morgan fingerprint density at radius 2 is 1.79 bits per heavy atom. The van der Waals surface area contributed by atoms with Crippen LogP contribution in [0.4, 0.5) is 0 Å². The van der Waals surface area contributed by atoms with Crippen molar-refractivity contribution in [2.24, 2.45) is 0 Å². The van der Waals surface area contributed by atoms with Crippen molar-refractivity contribution in [1.82, 2.24) is 10.3 Å². The molecule has 0 atom stereocenters. The van der Waals surface area contributed by atoms with Gasteiger partial charge in [-0.1, -0.05) is 66.2 Å². The van der Waals surface area contributed by atoms with Gasteiger partial charge in [-0.05, 0) is 23.9 Å². The van der Waals surface area contributed by atoms with Crippen molar-refractivity contribution >= 4 is 28.6 Å². The number of hydrogen-bond acceptors (Lipinski definition) is 4. The summed E-state index contributed by atoms with van der Waals surface area (Å²) in [6, 6.07) is 22.4. The lowest BCUT2D eigenvalue weighted by Gasteiger charge is -2.05. The first kappa shape index (κ1) is 18.6. The van der Waals surface area contributed by atoms with E-state index in [1.165, 1.54) is 5.56 Å². The molecule has 5 heteroatoms. The van der Waals surface area contributed by atoms with Gasteiger partial charge < -0.3 is 5.32 Å². The van der Waals surface area contributed by atoms with E-state index in [2.05, 4.69) is 42.6 Å². The molecule has 2 heterocycles. The Labute approximate surface area is 172 Å². The van der Waals surface area contributed by atoms with Crippen LogP contribution in [-0.2, 0) is 17.8 Å². The van der Waals surface area contributed by atoms with Gasteiger partial charge in [0.25, 0.3) is 0 Å². The third-order valence-corrected chi connectivity index (χ3v) is 6.39.